The lowest BCUT2D eigenvalue weighted by atomic mass is 10.2. The van der Waals surface area contributed by atoms with Crippen LogP contribution in [0.1, 0.15) is 29.8 Å². The second-order valence-electron chi connectivity index (χ2n) is 7.20. The number of benzene rings is 2. The van der Waals surface area contributed by atoms with Crippen LogP contribution in [0.5, 0.6) is 0 Å². The second-order valence-corrected chi connectivity index (χ2v) is 8.32. The summed E-state index contributed by atoms with van der Waals surface area (Å²) in [6.07, 6.45) is 3.34. The van der Waals surface area contributed by atoms with Gasteiger partial charge in [0.1, 0.15) is 0 Å². The molecule has 1 fully saturated rings. The van der Waals surface area contributed by atoms with Crippen molar-refractivity contribution in [2.75, 3.05) is 13.1 Å². The number of para-hydroxylation sites is 1. The van der Waals surface area contributed by atoms with Gasteiger partial charge in [0.05, 0.1) is 15.2 Å². The van der Waals surface area contributed by atoms with Gasteiger partial charge in [-0.1, -0.05) is 42.5 Å². The maximum Gasteiger partial charge on any atom is 0.220 e. The van der Waals surface area contributed by atoms with Crippen molar-refractivity contribution in [3.63, 3.8) is 0 Å². The molecule has 0 bridgehead atoms. The van der Waals surface area contributed by atoms with Crippen LogP contribution in [0.25, 0.3) is 10.2 Å². The summed E-state index contributed by atoms with van der Waals surface area (Å²) in [5.74, 6) is 0.169. The zero-order valence-corrected chi connectivity index (χ0v) is 16.3. The molecular weight excluding hydrogens is 354 g/mol. The number of aryl methyl sites for hydroxylation is 1. The van der Waals surface area contributed by atoms with Crippen molar-refractivity contribution < 1.29 is 4.79 Å². The van der Waals surface area contributed by atoms with Gasteiger partial charge in [-0.05, 0) is 37.0 Å². The van der Waals surface area contributed by atoms with Crippen LogP contribution >= 0.6 is 11.3 Å². The maximum absolute atomic E-state index is 12.3. The molecule has 2 heterocycles. The molecule has 0 aliphatic carbocycles. The number of nitrogens with zero attached hydrogens (tertiary/aromatic N) is 2. The van der Waals surface area contributed by atoms with E-state index in [0.717, 1.165) is 49.4 Å². The molecule has 1 aliphatic heterocycles. The van der Waals surface area contributed by atoms with E-state index in [2.05, 4.69) is 45.5 Å². The summed E-state index contributed by atoms with van der Waals surface area (Å²) in [4.78, 5) is 19.3. The third-order valence-electron chi connectivity index (χ3n) is 5.02. The summed E-state index contributed by atoms with van der Waals surface area (Å²) in [7, 11) is 0. The Morgan fingerprint density at radius 2 is 1.96 bits per heavy atom. The number of carbonyl (C=O) groups is 1. The molecule has 0 radical (unpaired) electrons. The summed E-state index contributed by atoms with van der Waals surface area (Å²) in [6, 6.07) is 19.0. The van der Waals surface area contributed by atoms with Crippen molar-refractivity contribution in [2.24, 2.45) is 0 Å². The monoisotopic (exact) mass is 379 g/mol. The largest absolute Gasteiger partial charge is 0.352 e. The Morgan fingerprint density at radius 1 is 1.15 bits per heavy atom. The minimum absolute atomic E-state index is 0.169. The Balaban J connectivity index is 1.18. The molecule has 1 aromatic heterocycles. The van der Waals surface area contributed by atoms with E-state index in [1.807, 2.05) is 24.3 Å². The van der Waals surface area contributed by atoms with Gasteiger partial charge in [0, 0.05) is 32.1 Å². The number of likely N-dealkylation sites (tertiary alicyclic amines) is 1. The van der Waals surface area contributed by atoms with E-state index in [1.165, 1.54) is 10.3 Å². The van der Waals surface area contributed by atoms with E-state index < -0.39 is 0 Å². The van der Waals surface area contributed by atoms with Crippen LogP contribution in [-0.2, 0) is 17.8 Å². The molecule has 1 aliphatic rings. The van der Waals surface area contributed by atoms with Gasteiger partial charge < -0.3 is 5.32 Å². The quantitative estimate of drug-likeness (QED) is 0.675. The zero-order valence-electron chi connectivity index (χ0n) is 15.4. The maximum atomic E-state index is 12.3. The fraction of sp³-hybridized carbons (Fsp3) is 0.364. The number of hydrogen-bond donors (Lipinski definition) is 1. The smallest absolute Gasteiger partial charge is 0.220 e. The van der Waals surface area contributed by atoms with E-state index in [4.69, 9.17) is 0 Å². The van der Waals surface area contributed by atoms with Crippen LogP contribution in [0.4, 0.5) is 0 Å². The predicted molar refractivity (Wildman–Crippen MR) is 111 cm³/mol. The van der Waals surface area contributed by atoms with Gasteiger partial charge in [-0.15, -0.1) is 11.3 Å². The summed E-state index contributed by atoms with van der Waals surface area (Å²) >= 11 is 1.73. The molecule has 1 saturated heterocycles. The van der Waals surface area contributed by atoms with Crippen molar-refractivity contribution in [2.45, 2.75) is 38.3 Å². The Bertz CT molecular complexity index is 860. The number of hydrogen-bond acceptors (Lipinski definition) is 4. The van der Waals surface area contributed by atoms with E-state index in [1.54, 1.807) is 11.3 Å². The topological polar surface area (TPSA) is 45.2 Å². The molecule has 1 amide bonds. The van der Waals surface area contributed by atoms with Gasteiger partial charge in [-0.25, -0.2) is 4.98 Å². The van der Waals surface area contributed by atoms with Crippen LogP contribution in [0.3, 0.4) is 0 Å². The summed E-state index contributed by atoms with van der Waals surface area (Å²) in [5, 5.41) is 4.33. The number of carbonyl (C=O) groups excluding carboxylic acids is 1. The Morgan fingerprint density at radius 3 is 2.81 bits per heavy atom. The van der Waals surface area contributed by atoms with Gasteiger partial charge in [0.2, 0.25) is 5.91 Å². The van der Waals surface area contributed by atoms with E-state index >= 15 is 0 Å². The average molecular weight is 380 g/mol. The van der Waals surface area contributed by atoms with Gasteiger partial charge in [0.25, 0.3) is 0 Å². The first-order chi connectivity index (χ1) is 13.3. The molecule has 4 nitrogen and oxygen atoms in total. The standard InChI is InChI=1S/C22H25N3OS/c26-21(11-6-12-22-24-19-9-4-5-10-20(19)27-22)23-18-13-14-25(16-18)15-17-7-2-1-3-8-17/h1-5,7-10,18H,6,11-16H2,(H,23,26)/t18-/m0/s1. The lowest BCUT2D eigenvalue weighted by Gasteiger charge is -2.16. The van der Waals surface area contributed by atoms with E-state index in [-0.39, 0.29) is 11.9 Å². The minimum Gasteiger partial charge on any atom is -0.352 e. The third-order valence-corrected chi connectivity index (χ3v) is 6.12. The summed E-state index contributed by atoms with van der Waals surface area (Å²) in [5.41, 5.74) is 2.40. The Labute approximate surface area is 164 Å². The van der Waals surface area contributed by atoms with Crippen LogP contribution in [0.2, 0.25) is 0 Å². The fourth-order valence-corrected chi connectivity index (χ4v) is 4.67. The van der Waals surface area contributed by atoms with Crippen LogP contribution in [0.15, 0.2) is 54.6 Å². The van der Waals surface area contributed by atoms with Crippen molar-refractivity contribution >= 4 is 27.5 Å². The molecule has 27 heavy (non-hydrogen) atoms. The van der Waals surface area contributed by atoms with Gasteiger partial charge >= 0.3 is 0 Å². The number of fused-ring (bicyclic) bond motifs is 1. The van der Waals surface area contributed by atoms with Gasteiger partial charge in [-0.3, -0.25) is 9.69 Å². The normalized spacial score (nSPS) is 17.4. The highest BCUT2D eigenvalue weighted by Crippen LogP contribution is 2.22. The third kappa shape index (κ3) is 4.93. The SMILES string of the molecule is O=C(CCCc1nc2ccccc2s1)N[C@H]1CCN(Cc2ccccc2)C1. The molecule has 0 unspecified atom stereocenters. The Hall–Kier alpha value is -2.24. The molecule has 5 heteroatoms. The van der Waals surface area contributed by atoms with Crippen molar-refractivity contribution in [3.8, 4) is 0 Å². The van der Waals surface area contributed by atoms with Crippen molar-refractivity contribution in [3.05, 3.63) is 65.2 Å². The number of aromatic nitrogens is 1. The highest BCUT2D eigenvalue weighted by atomic mass is 32.1. The number of amides is 1. The van der Waals surface area contributed by atoms with Crippen LogP contribution in [0, 0.1) is 0 Å². The van der Waals surface area contributed by atoms with Crippen molar-refractivity contribution in [1.82, 2.24) is 15.2 Å². The lowest BCUT2D eigenvalue weighted by Crippen LogP contribution is -2.36. The summed E-state index contributed by atoms with van der Waals surface area (Å²) in [6.45, 7) is 2.95. The second kappa shape index (κ2) is 8.63. The van der Waals surface area contributed by atoms with Crippen LogP contribution < -0.4 is 5.32 Å². The van der Waals surface area contributed by atoms with Gasteiger partial charge in [0.15, 0.2) is 0 Å². The number of rotatable bonds is 7. The molecule has 1 N–H and O–H groups in total. The molecular formula is C22H25N3OS. The van der Waals surface area contributed by atoms with Gasteiger partial charge in [-0.2, -0.15) is 0 Å². The summed E-state index contributed by atoms with van der Waals surface area (Å²) < 4.78 is 1.22. The predicted octanol–water partition coefficient (Wildman–Crippen LogP) is 4.01. The molecule has 3 aromatic rings. The minimum atomic E-state index is 0.169. The highest BCUT2D eigenvalue weighted by Gasteiger charge is 2.23. The van der Waals surface area contributed by atoms with Crippen molar-refractivity contribution in [1.29, 1.82) is 0 Å². The average Bonchev–Trinajstić information content (AvgIpc) is 3.28. The highest BCUT2D eigenvalue weighted by molar-refractivity contribution is 7.18. The first-order valence-electron chi connectivity index (χ1n) is 9.66. The van der Waals surface area contributed by atoms with E-state index in [0.29, 0.717) is 6.42 Å². The molecule has 0 spiro atoms. The molecule has 2 aromatic carbocycles. The molecule has 1 atom stereocenters. The fourth-order valence-electron chi connectivity index (χ4n) is 3.66. The van der Waals surface area contributed by atoms with E-state index in [9.17, 15) is 4.79 Å². The Kier molecular flexibility index (Phi) is 5.80. The molecule has 140 valence electrons. The molecule has 0 saturated carbocycles. The van der Waals surface area contributed by atoms with Crippen LogP contribution in [-0.4, -0.2) is 34.9 Å². The first kappa shape index (κ1) is 18.1. The molecule has 4 rings (SSSR count). The lowest BCUT2D eigenvalue weighted by molar-refractivity contribution is -0.121. The first-order valence-corrected chi connectivity index (χ1v) is 10.5. The zero-order chi connectivity index (χ0) is 18.5. The number of nitrogens with one attached hydrogen (secondary N) is 1. The number of thiazole rings is 1.